The van der Waals surface area contributed by atoms with Crippen LogP contribution in [-0.2, 0) is 19.4 Å². The molecule has 3 nitrogen and oxygen atoms in total. The first-order valence-corrected chi connectivity index (χ1v) is 6.90. The quantitative estimate of drug-likeness (QED) is 0.660. The lowest BCUT2D eigenvalue weighted by molar-refractivity contribution is 0.306. The van der Waals surface area contributed by atoms with E-state index in [-0.39, 0.29) is 5.84 Å². The molecule has 0 aliphatic heterocycles. The van der Waals surface area contributed by atoms with Gasteiger partial charge in [0.15, 0.2) is 0 Å². The van der Waals surface area contributed by atoms with Crippen LogP contribution < -0.4 is 10.5 Å². The highest BCUT2D eigenvalue weighted by Gasteiger charge is 2.10. The lowest BCUT2D eigenvalue weighted by atomic mass is 10.1. The van der Waals surface area contributed by atoms with Crippen molar-refractivity contribution in [3.63, 3.8) is 0 Å². The minimum absolute atomic E-state index is 0.0789. The van der Waals surface area contributed by atoms with Crippen LogP contribution in [0.1, 0.15) is 28.7 Å². The molecule has 20 heavy (non-hydrogen) atoms. The molecule has 2 aromatic carbocycles. The zero-order valence-electron chi connectivity index (χ0n) is 11.4. The molecule has 0 amide bonds. The van der Waals surface area contributed by atoms with Crippen molar-refractivity contribution in [1.82, 2.24) is 0 Å². The monoisotopic (exact) mass is 266 g/mol. The van der Waals surface area contributed by atoms with Gasteiger partial charge in [-0.15, -0.1) is 0 Å². The maximum absolute atomic E-state index is 7.35. The third-order valence-electron chi connectivity index (χ3n) is 3.73. The Kier molecular flexibility index (Phi) is 3.42. The van der Waals surface area contributed by atoms with Crippen LogP contribution in [0.4, 0.5) is 0 Å². The summed E-state index contributed by atoms with van der Waals surface area (Å²) in [6, 6.07) is 13.9. The van der Waals surface area contributed by atoms with E-state index >= 15 is 0 Å². The van der Waals surface area contributed by atoms with Gasteiger partial charge in [-0.05, 0) is 60.2 Å². The van der Waals surface area contributed by atoms with Gasteiger partial charge in [0.1, 0.15) is 18.2 Å². The first-order valence-electron chi connectivity index (χ1n) is 6.90. The van der Waals surface area contributed by atoms with Crippen molar-refractivity contribution in [3.8, 4) is 5.75 Å². The third kappa shape index (κ3) is 2.67. The van der Waals surface area contributed by atoms with Gasteiger partial charge in [-0.2, -0.15) is 0 Å². The molecule has 3 heteroatoms. The number of nitrogens with two attached hydrogens (primary N) is 1. The van der Waals surface area contributed by atoms with Crippen LogP contribution >= 0.6 is 0 Å². The lowest BCUT2D eigenvalue weighted by Gasteiger charge is -2.08. The number of rotatable bonds is 4. The summed E-state index contributed by atoms with van der Waals surface area (Å²) in [7, 11) is 0. The molecule has 1 aliphatic rings. The maximum Gasteiger partial charge on any atom is 0.122 e. The normalized spacial score (nSPS) is 13.0. The third-order valence-corrected chi connectivity index (χ3v) is 3.73. The van der Waals surface area contributed by atoms with Crippen LogP contribution in [0.2, 0.25) is 0 Å². The van der Waals surface area contributed by atoms with Gasteiger partial charge in [0.25, 0.3) is 0 Å². The highest BCUT2D eigenvalue weighted by Crippen LogP contribution is 2.23. The summed E-state index contributed by atoms with van der Waals surface area (Å²) in [5, 5.41) is 7.35. The summed E-state index contributed by atoms with van der Waals surface area (Å²) in [4.78, 5) is 0. The molecule has 0 spiro atoms. The van der Waals surface area contributed by atoms with Crippen molar-refractivity contribution in [2.45, 2.75) is 25.9 Å². The van der Waals surface area contributed by atoms with Crippen molar-refractivity contribution in [2.75, 3.05) is 0 Å². The average Bonchev–Trinajstić information content (AvgIpc) is 2.93. The van der Waals surface area contributed by atoms with Gasteiger partial charge >= 0.3 is 0 Å². The average molecular weight is 266 g/mol. The summed E-state index contributed by atoms with van der Waals surface area (Å²) < 4.78 is 5.78. The van der Waals surface area contributed by atoms with Gasteiger partial charge in [-0.25, -0.2) is 0 Å². The Labute approximate surface area is 118 Å². The van der Waals surface area contributed by atoms with E-state index < -0.39 is 0 Å². The molecule has 0 heterocycles. The Bertz CT molecular complexity index is 632. The molecular formula is C17H18N2O. The Hall–Kier alpha value is -2.29. The van der Waals surface area contributed by atoms with E-state index in [4.69, 9.17) is 15.9 Å². The largest absolute Gasteiger partial charge is 0.489 e. The predicted molar refractivity (Wildman–Crippen MR) is 80.3 cm³/mol. The summed E-state index contributed by atoms with van der Waals surface area (Å²) in [5.74, 6) is 0.880. The molecule has 0 saturated carbocycles. The van der Waals surface area contributed by atoms with Gasteiger partial charge < -0.3 is 10.5 Å². The summed E-state index contributed by atoms with van der Waals surface area (Å²) in [6.07, 6.45) is 3.67. The molecule has 0 unspecified atom stereocenters. The molecular weight excluding hydrogens is 248 g/mol. The molecule has 0 fully saturated rings. The number of hydrogen-bond acceptors (Lipinski definition) is 2. The minimum Gasteiger partial charge on any atom is -0.489 e. The fraction of sp³-hybridized carbons (Fsp3) is 0.235. The fourth-order valence-electron chi connectivity index (χ4n) is 2.61. The molecule has 0 saturated heterocycles. The smallest absolute Gasteiger partial charge is 0.122 e. The zero-order valence-corrected chi connectivity index (χ0v) is 11.4. The standard InChI is InChI=1S/C17H18N2O/c18-17(19)14-6-8-16(9-7-14)20-11-12-4-5-13-2-1-3-15(13)10-12/h4-10H,1-3,11H2,(H3,18,19). The molecule has 2 aromatic rings. The summed E-state index contributed by atoms with van der Waals surface area (Å²) in [5.41, 5.74) is 10.3. The second-order valence-electron chi connectivity index (χ2n) is 5.18. The van der Waals surface area contributed by atoms with E-state index in [1.54, 1.807) is 12.1 Å². The van der Waals surface area contributed by atoms with Crippen molar-refractivity contribution in [2.24, 2.45) is 5.73 Å². The van der Waals surface area contributed by atoms with Crippen LogP contribution in [0.15, 0.2) is 42.5 Å². The Morgan fingerprint density at radius 2 is 1.80 bits per heavy atom. The second kappa shape index (κ2) is 5.37. The Morgan fingerprint density at radius 3 is 2.55 bits per heavy atom. The molecule has 0 bridgehead atoms. The van der Waals surface area contributed by atoms with Gasteiger partial charge in [-0.1, -0.05) is 18.2 Å². The second-order valence-corrected chi connectivity index (χ2v) is 5.18. The van der Waals surface area contributed by atoms with Crippen molar-refractivity contribution >= 4 is 5.84 Å². The van der Waals surface area contributed by atoms with Crippen LogP contribution in [0.3, 0.4) is 0 Å². The van der Waals surface area contributed by atoms with E-state index in [0.717, 1.165) is 11.3 Å². The van der Waals surface area contributed by atoms with Crippen LogP contribution in [0.5, 0.6) is 5.75 Å². The lowest BCUT2D eigenvalue weighted by Crippen LogP contribution is -2.10. The van der Waals surface area contributed by atoms with Crippen LogP contribution in [0, 0.1) is 5.41 Å². The van der Waals surface area contributed by atoms with Gasteiger partial charge in [0, 0.05) is 5.56 Å². The Balaban J connectivity index is 1.65. The van der Waals surface area contributed by atoms with Crippen LogP contribution in [-0.4, -0.2) is 5.84 Å². The highest BCUT2D eigenvalue weighted by molar-refractivity contribution is 5.94. The molecule has 102 valence electrons. The topological polar surface area (TPSA) is 59.1 Å². The minimum atomic E-state index is 0.0789. The van der Waals surface area contributed by atoms with E-state index in [9.17, 15) is 0 Å². The van der Waals surface area contributed by atoms with Crippen molar-refractivity contribution in [1.29, 1.82) is 5.41 Å². The molecule has 3 N–H and O–H groups in total. The zero-order chi connectivity index (χ0) is 13.9. The van der Waals surface area contributed by atoms with Crippen molar-refractivity contribution in [3.05, 3.63) is 64.7 Å². The van der Waals surface area contributed by atoms with Gasteiger partial charge in [0.05, 0.1) is 0 Å². The number of hydrogen-bond donors (Lipinski definition) is 2. The Morgan fingerprint density at radius 1 is 1.05 bits per heavy atom. The molecule has 0 atom stereocenters. The van der Waals surface area contributed by atoms with E-state index in [2.05, 4.69) is 18.2 Å². The van der Waals surface area contributed by atoms with E-state index in [1.807, 2.05) is 12.1 Å². The van der Waals surface area contributed by atoms with Gasteiger partial charge in [-0.3, -0.25) is 5.41 Å². The summed E-state index contributed by atoms with van der Waals surface area (Å²) in [6.45, 7) is 0.576. The fourth-order valence-corrected chi connectivity index (χ4v) is 2.61. The number of fused-ring (bicyclic) bond motifs is 1. The van der Waals surface area contributed by atoms with Crippen LogP contribution in [0.25, 0.3) is 0 Å². The van der Waals surface area contributed by atoms with E-state index in [0.29, 0.717) is 6.61 Å². The van der Waals surface area contributed by atoms with Gasteiger partial charge in [0.2, 0.25) is 0 Å². The SMILES string of the molecule is N=C(N)c1ccc(OCc2ccc3c(c2)CCC3)cc1. The number of nitrogen functional groups attached to an aromatic ring is 1. The first-order chi connectivity index (χ1) is 9.72. The number of aryl methyl sites for hydroxylation is 2. The highest BCUT2D eigenvalue weighted by atomic mass is 16.5. The molecule has 0 radical (unpaired) electrons. The number of nitrogens with one attached hydrogen (secondary N) is 1. The van der Waals surface area contributed by atoms with E-state index in [1.165, 1.54) is 36.0 Å². The maximum atomic E-state index is 7.35. The number of ether oxygens (including phenoxy) is 1. The summed E-state index contributed by atoms with van der Waals surface area (Å²) >= 11 is 0. The number of amidine groups is 1. The number of benzene rings is 2. The first kappa shape index (κ1) is 12.7. The molecule has 1 aliphatic carbocycles. The predicted octanol–water partition coefficient (Wildman–Crippen LogP) is 3.04. The molecule has 0 aromatic heterocycles. The van der Waals surface area contributed by atoms with Crippen molar-refractivity contribution < 1.29 is 4.74 Å². The molecule has 3 rings (SSSR count).